The van der Waals surface area contributed by atoms with Crippen LogP contribution in [-0.4, -0.2) is 51.2 Å². The van der Waals surface area contributed by atoms with Gasteiger partial charge >= 0.3 is 7.60 Å². The van der Waals surface area contributed by atoms with E-state index in [1.165, 1.54) is 89.9 Å². The van der Waals surface area contributed by atoms with Gasteiger partial charge < -0.3 is 29.7 Å². The lowest BCUT2D eigenvalue weighted by atomic mass is 10.0. The standard InChI is InChI=1S/C39H65N2O7P/c1-5-6-7-8-9-10-11-12-13-14-15-16-17-18-19-20-21-22-38(43)41-35(37(42)30-49(44,45)46)27-33-23-25-34(26-24-33)48-29-36-32(3)39(47-4)31(2)28-40-36/h23-26,28,35,37,42H,5-22,27,29-30H2,1-4H3,(H,41,43)(H2,44,45,46)/t35-,37?/m0/s1. The summed E-state index contributed by atoms with van der Waals surface area (Å²) in [6, 6.07) is 6.41. The van der Waals surface area contributed by atoms with E-state index in [9.17, 15) is 24.3 Å². The Balaban J connectivity index is 1.69. The predicted octanol–water partition coefficient (Wildman–Crippen LogP) is 8.89. The highest BCUT2D eigenvalue weighted by Crippen LogP contribution is 2.36. The van der Waals surface area contributed by atoms with Crippen molar-refractivity contribution in [3.05, 3.63) is 52.8 Å². The first-order valence-corrected chi connectivity index (χ1v) is 20.6. The highest BCUT2D eigenvalue weighted by Gasteiger charge is 2.28. The second kappa shape index (κ2) is 24.7. The lowest BCUT2D eigenvalue weighted by Crippen LogP contribution is -2.46. The van der Waals surface area contributed by atoms with Gasteiger partial charge in [0.1, 0.15) is 18.1 Å². The lowest BCUT2D eigenvalue weighted by molar-refractivity contribution is -0.122. The number of pyridine rings is 1. The van der Waals surface area contributed by atoms with Crippen LogP contribution in [0.1, 0.15) is 145 Å². The van der Waals surface area contributed by atoms with Crippen molar-refractivity contribution in [2.24, 2.45) is 0 Å². The van der Waals surface area contributed by atoms with Crippen LogP contribution in [0.15, 0.2) is 30.5 Å². The zero-order valence-corrected chi connectivity index (χ0v) is 31.7. The summed E-state index contributed by atoms with van der Waals surface area (Å²) in [5.41, 5.74) is 3.45. The van der Waals surface area contributed by atoms with Crippen LogP contribution in [0.3, 0.4) is 0 Å². The van der Waals surface area contributed by atoms with Gasteiger partial charge in [-0.3, -0.25) is 14.3 Å². The van der Waals surface area contributed by atoms with E-state index >= 15 is 0 Å². The molecule has 278 valence electrons. The molecule has 1 aromatic heterocycles. The average Bonchev–Trinajstić information content (AvgIpc) is 3.05. The molecule has 1 amide bonds. The maximum atomic E-state index is 12.8. The third kappa shape index (κ3) is 18.9. The van der Waals surface area contributed by atoms with Crippen LogP contribution in [0.4, 0.5) is 0 Å². The van der Waals surface area contributed by atoms with Gasteiger partial charge in [0.05, 0.1) is 31.1 Å². The monoisotopic (exact) mass is 704 g/mol. The van der Waals surface area contributed by atoms with Gasteiger partial charge in [-0.25, -0.2) is 0 Å². The van der Waals surface area contributed by atoms with Crippen molar-refractivity contribution in [1.82, 2.24) is 10.3 Å². The molecule has 2 atom stereocenters. The molecule has 0 saturated carbocycles. The molecule has 0 saturated heterocycles. The Kier molecular flexibility index (Phi) is 21.5. The minimum absolute atomic E-state index is 0.216. The number of unbranched alkanes of at least 4 members (excludes halogenated alkanes) is 16. The van der Waals surface area contributed by atoms with Crippen LogP contribution in [0.25, 0.3) is 0 Å². The first kappa shape index (κ1) is 42.7. The number of carbonyl (C=O) groups excluding carboxylic acids is 1. The number of aliphatic hydroxyl groups excluding tert-OH is 1. The minimum Gasteiger partial charge on any atom is -0.496 e. The average molecular weight is 705 g/mol. The second-order valence-corrected chi connectivity index (χ2v) is 15.4. The first-order chi connectivity index (χ1) is 23.5. The highest BCUT2D eigenvalue weighted by molar-refractivity contribution is 7.51. The molecular weight excluding hydrogens is 639 g/mol. The molecule has 49 heavy (non-hydrogen) atoms. The van der Waals surface area contributed by atoms with Crippen LogP contribution < -0.4 is 14.8 Å². The summed E-state index contributed by atoms with van der Waals surface area (Å²) in [4.78, 5) is 36.2. The molecule has 0 aliphatic rings. The van der Waals surface area contributed by atoms with Gasteiger partial charge in [0.15, 0.2) is 0 Å². The zero-order chi connectivity index (χ0) is 35.9. The second-order valence-electron chi connectivity index (χ2n) is 13.7. The molecule has 10 heteroatoms. The molecule has 0 radical (unpaired) electrons. The Morgan fingerprint density at radius 3 is 1.84 bits per heavy atom. The van der Waals surface area contributed by atoms with Gasteiger partial charge in [0, 0.05) is 23.7 Å². The first-order valence-electron chi connectivity index (χ1n) is 18.8. The third-order valence-electron chi connectivity index (χ3n) is 9.25. The number of hydrogen-bond donors (Lipinski definition) is 4. The molecule has 0 aliphatic carbocycles. The Morgan fingerprint density at radius 2 is 1.35 bits per heavy atom. The Labute approximate surface area is 296 Å². The summed E-state index contributed by atoms with van der Waals surface area (Å²) in [5, 5.41) is 13.5. The SMILES string of the molecule is CCCCCCCCCCCCCCCCCCCC(=O)N[C@@H](Cc1ccc(OCc2ncc(C)c(OC)c2C)cc1)C(O)CP(=O)(O)O. The minimum atomic E-state index is -4.48. The molecule has 4 N–H and O–H groups in total. The van der Waals surface area contributed by atoms with Crippen molar-refractivity contribution in [3.8, 4) is 11.5 Å². The molecule has 0 aliphatic heterocycles. The molecule has 0 fully saturated rings. The number of benzene rings is 1. The number of nitrogens with zero attached hydrogens (tertiary/aromatic N) is 1. The van der Waals surface area contributed by atoms with Gasteiger partial charge in [-0.2, -0.15) is 0 Å². The quantitative estimate of drug-likeness (QED) is 0.0509. The van der Waals surface area contributed by atoms with Crippen LogP contribution >= 0.6 is 7.60 Å². The van der Waals surface area contributed by atoms with E-state index in [1.54, 1.807) is 25.4 Å². The van der Waals surface area contributed by atoms with Crippen molar-refractivity contribution >= 4 is 13.5 Å². The van der Waals surface area contributed by atoms with Crippen LogP contribution in [0.5, 0.6) is 11.5 Å². The normalized spacial score (nSPS) is 12.9. The van der Waals surface area contributed by atoms with Crippen molar-refractivity contribution in [2.75, 3.05) is 13.3 Å². The van der Waals surface area contributed by atoms with Gasteiger partial charge in [-0.05, 0) is 44.4 Å². The maximum Gasteiger partial charge on any atom is 0.328 e. The summed E-state index contributed by atoms with van der Waals surface area (Å²) >= 11 is 0. The fraction of sp³-hybridized carbons (Fsp3) is 0.692. The fourth-order valence-electron chi connectivity index (χ4n) is 6.29. The number of hydrogen-bond acceptors (Lipinski definition) is 6. The smallest absolute Gasteiger partial charge is 0.328 e. The van der Waals surface area contributed by atoms with Gasteiger partial charge in [-0.15, -0.1) is 0 Å². The zero-order valence-electron chi connectivity index (χ0n) is 30.8. The number of aromatic nitrogens is 1. The summed E-state index contributed by atoms with van der Waals surface area (Å²) in [5.74, 6) is 1.20. The number of aliphatic hydroxyl groups is 1. The van der Waals surface area contributed by atoms with E-state index in [0.717, 1.165) is 47.4 Å². The highest BCUT2D eigenvalue weighted by atomic mass is 31.2. The summed E-state index contributed by atoms with van der Waals surface area (Å²) in [6.07, 6.45) is 21.8. The summed E-state index contributed by atoms with van der Waals surface area (Å²) in [7, 11) is -2.84. The number of rotatable bonds is 28. The Morgan fingerprint density at radius 1 is 0.837 bits per heavy atom. The van der Waals surface area contributed by atoms with E-state index in [4.69, 9.17) is 9.47 Å². The third-order valence-corrected chi connectivity index (χ3v) is 10.1. The van der Waals surface area contributed by atoms with Crippen molar-refractivity contribution in [2.45, 2.75) is 162 Å². The summed E-state index contributed by atoms with van der Waals surface area (Å²) in [6.45, 7) is 6.41. The lowest BCUT2D eigenvalue weighted by Gasteiger charge is -2.25. The maximum absolute atomic E-state index is 12.8. The molecule has 1 unspecified atom stereocenters. The molecule has 2 aromatic rings. The molecule has 1 aromatic carbocycles. The topological polar surface area (TPSA) is 138 Å². The van der Waals surface area contributed by atoms with E-state index < -0.39 is 25.9 Å². The number of methoxy groups -OCH3 is 1. The van der Waals surface area contributed by atoms with Gasteiger partial charge in [0.2, 0.25) is 5.91 Å². The largest absolute Gasteiger partial charge is 0.496 e. The van der Waals surface area contributed by atoms with Crippen LogP contribution in [-0.2, 0) is 22.4 Å². The van der Waals surface area contributed by atoms with E-state index in [0.29, 0.717) is 12.2 Å². The Bertz CT molecular complexity index is 1230. The molecule has 0 bridgehead atoms. The van der Waals surface area contributed by atoms with Crippen LogP contribution in [0.2, 0.25) is 0 Å². The number of nitrogens with one attached hydrogen (secondary N) is 1. The molecule has 2 rings (SSSR count). The van der Waals surface area contributed by atoms with Gasteiger partial charge in [0.25, 0.3) is 0 Å². The van der Waals surface area contributed by atoms with Crippen molar-refractivity contribution in [1.29, 1.82) is 0 Å². The van der Waals surface area contributed by atoms with E-state index in [-0.39, 0.29) is 18.9 Å². The van der Waals surface area contributed by atoms with E-state index in [2.05, 4.69) is 17.2 Å². The van der Waals surface area contributed by atoms with Crippen molar-refractivity contribution < 1.29 is 33.7 Å². The molecular formula is C39H65N2O7P. The van der Waals surface area contributed by atoms with Crippen LogP contribution in [0, 0.1) is 13.8 Å². The number of ether oxygens (including phenoxy) is 2. The van der Waals surface area contributed by atoms with Crippen molar-refractivity contribution in [3.63, 3.8) is 0 Å². The summed E-state index contributed by atoms with van der Waals surface area (Å²) < 4.78 is 23.0. The Hall–Kier alpha value is -2.45. The molecule has 1 heterocycles. The number of aryl methyl sites for hydroxylation is 1. The molecule has 0 spiro atoms. The van der Waals surface area contributed by atoms with Gasteiger partial charge in [-0.1, -0.05) is 122 Å². The number of amides is 1. The fourth-order valence-corrected chi connectivity index (χ4v) is 7.03. The number of carbonyl (C=O) groups is 1. The van der Waals surface area contributed by atoms with E-state index in [1.807, 2.05) is 26.0 Å². The molecule has 9 nitrogen and oxygen atoms in total. The predicted molar refractivity (Wildman–Crippen MR) is 198 cm³/mol.